The van der Waals surface area contributed by atoms with E-state index in [1.807, 2.05) is 29.2 Å². The Morgan fingerprint density at radius 1 is 1.21 bits per heavy atom. The lowest BCUT2D eigenvalue weighted by Crippen LogP contribution is -2.41. The molecule has 29 heavy (non-hydrogen) atoms. The van der Waals surface area contributed by atoms with Gasteiger partial charge in [0.1, 0.15) is 11.6 Å². The molecular formula is C22H29N6P. The van der Waals surface area contributed by atoms with E-state index in [9.17, 15) is 0 Å². The van der Waals surface area contributed by atoms with E-state index in [0.717, 1.165) is 60.2 Å². The first-order valence-electron chi connectivity index (χ1n) is 10.7. The van der Waals surface area contributed by atoms with Crippen LogP contribution in [0.1, 0.15) is 31.7 Å². The highest BCUT2D eigenvalue weighted by Crippen LogP contribution is 2.42. The van der Waals surface area contributed by atoms with Gasteiger partial charge in [-0.15, -0.1) is 0 Å². The van der Waals surface area contributed by atoms with Crippen LogP contribution >= 0.6 is 8.58 Å². The Hall–Kier alpha value is -2.20. The van der Waals surface area contributed by atoms with Gasteiger partial charge in [-0.25, -0.2) is 4.98 Å². The summed E-state index contributed by atoms with van der Waals surface area (Å²) < 4.78 is 1.96. The second kappa shape index (κ2) is 7.91. The molecule has 3 atom stereocenters. The van der Waals surface area contributed by atoms with Crippen molar-refractivity contribution in [2.45, 2.75) is 32.7 Å². The molecule has 0 spiro atoms. The Labute approximate surface area is 173 Å². The molecule has 1 saturated heterocycles. The summed E-state index contributed by atoms with van der Waals surface area (Å²) in [4.78, 5) is 11.8. The topological polar surface area (TPSA) is 58.4 Å². The molecule has 2 fully saturated rings. The number of hydrogen-bond acceptors (Lipinski definition) is 5. The van der Waals surface area contributed by atoms with E-state index in [1.54, 1.807) is 0 Å². The zero-order chi connectivity index (χ0) is 19.8. The second-order valence-corrected chi connectivity index (χ2v) is 9.64. The van der Waals surface area contributed by atoms with E-state index < -0.39 is 0 Å². The zero-order valence-electron chi connectivity index (χ0n) is 17.2. The molecule has 1 saturated carbocycles. The summed E-state index contributed by atoms with van der Waals surface area (Å²) in [6.45, 7) is 7.53. The molecule has 3 aromatic heterocycles. The summed E-state index contributed by atoms with van der Waals surface area (Å²) in [6.07, 6.45) is 9.87. The zero-order valence-corrected chi connectivity index (χ0v) is 18.2. The number of hydrogen-bond donors (Lipinski definition) is 1. The molecule has 7 heteroatoms. The minimum absolute atomic E-state index is 0.679. The number of rotatable bonds is 6. The average Bonchev–Trinajstić information content (AvgIpc) is 3.52. The van der Waals surface area contributed by atoms with E-state index in [-0.39, 0.29) is 0 Å². The summed E-state index contributed by atoms with van der Waals surface area (Å²) in [6, 6.07) is 6.25. The van der Waals surface area contributed by atoms with E-state index >= 15 is 0 Å². The van der Waals surface area contributed by atoms with Gasteiger partial charge in [0.2, 0.25) is 0 Å². The van der Waals surface area contributed by atoms with Gasteiger partial charge >= 0.3 is 0 Å². The summed E-state index contributed by atoms with van der Waals surface area (Å²) in [5, 5.41) is 9.42. The summed E-state index contributed by atoms with van der Waals surface area (Å²) in [7, 11) is 0.679. The Morgan fingerprint density at radius 2 is 2.10 bits per heavy atom. The van der Waals surface area contributed by atoms with Gasteiger partial charge in [-0.1, -0.05) is 21.6 Å². The van der Waals surface area contributed by atoms with Crippen molar-refractivity contribution < 1.29 is 0 Å². The third kappa shape index (κ3) is 3.95. The first kappa shape index (κ1) is 18.8. The monoisotopic (exact) mass is 408 g/mol. The minimum Gasteiger partial charge on any atom is -0.366 e. The normalized spacial score (nSPS) is 22.6. The Balaban J connectivity index is 1.48. The van der Waals surface area contributed by atoms with Crippen LogP contribution in [-0.4, -0.2) is 39.3 Å². The molecular weight excluding hydrogens is 379 g/mol. The maximum atomic E-state index is 5.07. The van der Waals surface area contributed by atoms with Crippen LogP contribution in [0, 0.1) is 17.8 Å². The molecule has 3 unspecified atom stereocenters. The Bertz CT molecular complexity index is 984. The Kier molecular flexibility index (Phi) is 5.13. The van der Waals surface area contributed by atoms with Crippen LogP contribution in [0.25, 0.3) is 5.65 Å². The number of fused-ring (bicyclic) bond motifs is 1. The number of nitrogens with zero attached hydrogens (tertiary/aromatic N) is 5. The fraction of sp³-hybridized carbons (Fsp3) is 0.500. The van der Waals surface area contributed by atoms with E-state index in [4.69, 9.17) is 4.98 Å². The highest BCUT2D eigenvalue weighted by atomic mass is 31.1. The lowest BCUT2D eigenvalue weighted by molar-refractivity contribution is 0.305. The molecule has 152 valence electrons. The summed E-state index contributed by atoms with van der Waals surface area (Å²) in [5.41, 5.74) is 2.14. The van der Waals surface area contributed by atoms with Crippen molar-refractivity contribution in [2.75, 3.05) is 30.0 Å². The minimum atomic E-state index is 0.679. The number of nitrogens with one attached hydrogen (secondary N) is 1. The fourth-order valence-electron chi connectivity index (χ4n) is 4.61. The molecule has 3 aromatic rings. The quantitative estimate of drug-likeness (QED) is 0.632. The third-order valence-corrected chi connectivity index (χ3v) is 7.12. The number of pyridine rings is 1. The van der Waals surface area contributed by atoms with E-state index in [2.05, 4.69) is 46.0 Å². The maximum absolute atomic E-state index is 5.07. The highest BCUT2D eigenvalue weighted by molar-refractivity contribution is 7.46. The predicted molar refractivity (Wildman–Crippen MR) is 121 cm³/mol. The van der Waals surface area contributed by atoms with Crippen LogP contribution in [0.5, 0.6) is 0 Å². The number of piperidine rings is 1. The second-order valence-electron chi connectivity index (χ2n) is 8.60. The molecule has 6 nitrogen and oxygen atoms in total. The number of anilines is 2. The molecule has 1 N–H and O–H groups in total. The van der Waals surface area contributed by atoms with Gasteiger partial charge in [-0.05, 0) is 55.3 Å². The fourth-order valence-corrected chi connectivity index (χ4v) is 5.18. The predicted octanol–water partition coefficient (Wildman–Crippen LogP) is 3.54. The van der Waals surface area contributed by atoms with Crippen molar-refractivity contribution in [3.8, 4) is 0 Å². The molecule has 4 heterocycles. The van der Waals surface area contributed by atoms with Gasteiger partial charge in [0, 0.05) is 43.4 Å². The van der Waals surface area contributed by atoms with Crippen molar-refractivity contribution >= 4 is 31.2 Å². The van der Waals surface area contributed by atoms with Gasteiger partial charge in [0.25, 0.3) is 0 Å². The number of aromatic nitrogens is 4. The summed E-state index contributed by atoms with van der Waals surface area (Å²) in [5.74, 6) is 4.57. The third-order valence-electron chi connectivity index (χ3n) is 6.23. The smallest absolute Gasteiger partial charge is 0.167 e. The van der Waals surface area contributed by atoms with Crippen molar-refractivity contribution in [3.63, 3.8) is 0 Å². The van der Waals surface area contributed by atoms with Crippen molar-refractivity contribution in [2.24, 2.45) is 17.8 Å². The molecule has 1 aliphatic heterocycles. The first-order chi connectivity index (χ1) is 14.2. The van der Waals surface area contributed by atoms with E-state index in [1.165, 1.54) is 24.6 Å². The molecule has 5 rings (SSSR count). The molecule has 1 aliphatic carbocycles. The lowest BCUT2D eigenvalue weighted by atomic mass is 9.87. The standard InChI is InChI=1S/C22H29N6P/c1-15-8-18(17-5-6-17)14-27(13-15)21-9-20(24-11-16-4-3-7-23-10-16)28-22(26-21)19(29-2)12-25-28/h3-4,7,9-10,12,15,17-18,24,29H,5-6,8,11,13-14H2,1-2H3. The SMILES string of the molecule is CPc1cnn2c(NCc3cccnc3)cc(N3CC(C)CC(C4CC4)C3)nc12. The van der Waals surface area contributed by atoms with Crippen molar-refractivity contribution in [1.29, 1.82) is 0 Å². The van der Waals surface area contributed by atoms with Crippen LogP contribution in [0.4, 0.5) is 11.6 Å². The maximum Gasteiger partial charge on any atom is 0.167 e. The molecule has 0 amide bonds. The largest absolute Gasteiger partial charge is 0.366 e. The van der Waals surface area contributed by atoms with Crippen LogP contribution < -0.4 is 15.5 Å². The van der Waals surface area contributed by atoms with Gasteiger partial charge in [-0.3, -0.25) is 4.98 Å². The van der Waals surface area contributed by atoms with Crippen molar-refractivity contribution in [3.05, 3.63) is 42.4 Å². The molecule has 0 radical (unpaired) electrons. The van der Waals surface area contributed by atoms with Crippen molar-refractivity contribution in [1.82, 2.24) is 19.6 Å². The van der Waals surface area contributed by atoms with E-state index in [0.29, 0.717) is 8.58 Å². The first-order valence-corrected chi connectivity index (χ1v) is 12.2. The van der Waals surface area contributed by atoms with Crippen LogP contribution in [-0.2, 0) is 6.54 Å². The molecule has 0 bridgehead atoms. The lowest BCUT2D eigenvalue weighted by Gasteiger charge is -2.37. The Morgan fingerprint density at radius 3 is 2.86 bits per heavy atom. The molecule has 0 aromatic carbocycles. The van der Waals surface area contributed by atoms with Gasteiger partial charge in [0.15, 0.2) is 5.65 Å². The van der Waals surface area contributed by atoms with Gasteiger partial charge in [0.05, 0.1) is 6.20 Å². The summed E-state index contributed by atoms with van der Waals surface area (Å²) >= 11 is 0. The van der Waals surface area contributed by atoms with Crippen LogP contribution in [0.3, 0.4) is 0 Å². The van der Waals surface area contributed by atoms with Gasteiger partial charge in [-0.2, -0.15) is 9.61 Å². The van der Waals surface area contributed by atoms with Gasteiger partial charge < -0.3 is 10.2 Å². The van der Waals surface area contributed by atoms with Crippen LogP contribution in [0.15, 0.2) is 36.8 Å². The molecule has 2 aliphatic rings. The average molecular weight is 408 g/mol. The van der Waals surface area contributed by atoms with Crippen LogP contribution in [0.2, 0.25) is 0 Å². The highest BCUT2D eigenvalue weighted by Gasteiger charge is 2.36.